The fourth-order valence-corrected chi connectivity index (χ4v) is 2.71. The third kappa shape index (κ3) is 2.51. The van der Waals surface area contributed by atoms with Gasteiger partial charge in [-0.15, -0.1) is 0 Å². The fourth-order valence-electron chi connectivity index (χ4n) is 2.71. The van der Waals surface area contributed by atoms with Crippen molar-refractivity contribution in [1.29, 1.82) is 0 Å². The molecule has 0 spiro atoms. The average Bonchev–Trinajstić information content (AvgIpc) is 2.72. The first-order valence-electron chi connectivity index (χ1n) is 5.95. The number of rotatable bonds is 4. The van der Waals surface area contributed by atoms with E-state index in [4.69, 9.17) is 5.11 Å². The summed E-state index contributed by atoms with van der Waals surface area (Å²) in [7, 11) is 0. The maximum Gasteiger partial charge on any atom is 0.223 e. The lowest BCUT2D eigenvalue weighted by Crippen LogP contribution is -2.46. The number of hydrogen-bond donors (Lipinski definition) is 2. The van der Waals surface area contributed by atoms with Crippen LogP contribution in [0.1, 0.15) is 39.5 Å². The maximum atomic E-state index is 11.9. The van der Waals surface area contributed by atoms with Crippen LogP contribution in [0.15, 0.2) is 0 Å². The molecule has 0 aromatic rings. The van der Waals surface area contributed by atoms with Gasteiger partial charge in [-0.2, -0.15) is 0 Å². The third-order valence-corrected chi connectivity index (χ3v) is 3.81. The summed E-state index contributed by atoms with van der Waals surface area (Å²) in [6.45, 7) is 4.07. The summed E-state index contributed by atoms with van der Waals surface area (Å²) < 4.78 is 0. The molecule has 2 atom stereocenters. The van der Waals surface area contributed by atoms with Gasteiger partial charge in [-0.1, -0.05) is 0 Å². The van der Waals surface area contributed by atoms with Crippen LogP contribution in [-0.2, 0) is 4.79 Å². The van der Waals surface area contributed by atoms with Crippen molar-refractivity contribution in [3.63, 3.8) is 0 Å². The van der Waals surface area contributed by atoms with Crippen LogP contribution in [0.5, 0.6) is 0 Å². The molecule has 0 aliphatic heterocycles. The van der Waals surface area contributed by atoms with E-state index in [9.17, 15) is 4.79 Å². The second-order valence-electron chi connectivity index (χ2n) is 5.77. The molecule has 2 fully saturated rings. The van der Waals surface area contributed by atoms with Gasteiger partial charge in [0.25, 0.3) is 0 Å². The van der Waals surface area contributed by atoms with Gasteiger partial charge in [-0.05, 0) is 51.4 Å². The SMILES string of the molecule is CC(C)(CCO)NC(=O)C1CC2CC2C1. The van der Waals surface area contributed by atoms with E-state index in [-0.39, 0.29) is 24.0 Å². The van der Waals surface area contributed by atoms with Gasteiger partial charge >= 0.3 is 0 Å². The highest BCUT2D eigenvalue weighted by molar-refractivity contribution is 5.79. The Morgan fingerprint density at radius 3 is 2.47 bits per heavy atom. The van der Waals surface area contributed by atoms with Crippen LogP contribution in [0.3, 0.4) is 0 Å². The number of fused-ring (bicyclic) bond motifs is 1. The summed E-state index contributed by atoms with van der Waals surface area (Å²) in [4.78, 5) is 11.9. The topological polar surface area (TPSA) is 49.3 Å². The van der Waals surface area contributed by atoms with Crippen molar-refractivity contribution in [1.82, 2.24) is 5.32 Å². The molecule has 2 rings (SSSR count). The van der Waals surface area contributed by atoms with Crippen molar-refractivity contribution < 1.29 is 9.90 Å². The molecule has 0 bridgehead atoms. The van der Waals surface area contributed by atoms with Gasteiger partial charge in [0.05, 0.1) is 0 Å². The molecular formula is C12H21NO2. The minimum absolute atomic E-state index is 0.128. The van der Waals surface area contributed by atoms with Gasteiger partial charge in [0.15, 0.2) is 0 Å². The number of hydrogen-bond acceptors (Lipinski definition) is 2. The largest absolute Gasteiger partial charge is 0.396 e. The number of aliphatic hydroxyl groups excluding tert-OH is 1. The zero-order chi connectivity index (χ0) is 11.1. The number of nitrogens with one attached hydrogen (secondary N) is 1. The molecule has 3 nitrogen and oxygen atoms in total. The molecule has 15 heavy (non-hydrogen) atoms. The predicted molar refractivity (Wildman–Crippen MR) is 58.2 cm³/mol. The highest BCUT2D eigenvalue weighted by atomic mass is 16.3. The fraction of sp³-hybridized carbons (Fsp3) is 0.917. The second kappa shape index (κ2) is 3.78. The number of carbonyl (C=O) groups excluding carboxylic acids is 1. The molecule has 0 aromatic heterocycles. The zero-order valence-corrected chi connectivity index (χ0v) is 9.62. The molecule has 0 aromatic carbocycles. The van der Waals surface area contributed by atoms with Gasteiger partial charge in [0, 0.05) is 18.1 Å². The smallest absolute Gasteiger partial charge is 0.223 e. The van der Waals surface area contributed by atoms with E-state index < -0.39 is 0 Å². The van der Waals surface area contributed by atoms with Crippen LogP contribution >= 0.6 is 0 Å². The summed E-state index contributed by atoms with van der Waals surface area (Å²) in [5.41, 5.74) is -0.265. The monoisotopic (exact) mass is 211 g/mol. The summed E-state index contributed by atoms with van der Waals surface area (Å²) >= 11 is 0. The summed E-state index contributed by atoms with van der Waals surface area (Å²) in [5.74, 6) is 2.13. The second-order valence-corrected chi connectivity index (χ2v) is 5.77. The Morgan fingerprint density at radius 2 is 1.93 bits per heavy atom. The van der Waals surface area contributed by atoms with Gasteiger partial charge in [0.1, 0.15) is 0 Å². The van der Waals surface area contributed by atoms with Crippen LogP contribution in [-0.4, -0.2) is 23.2 Å². The molecule has 2 aliphatic rings. The zero-order valence-electron chi connectivity index (χ0n) is 9.62. The van der Waals surface area contributed by atoms with Gasteiger partial charge < -0.3 is 10.4 Å². The van der Waals surface area contributed by atoms with Crippen LogP contribution < -0.4 is 5.32 Å². The predicted octanol–water partition coefficient (Wildman–Crippen LogP) is 1.31. The first-order chi connectivity index (χ1) is 7.02. The average molecular weight is 211 g/mol. The number of aliphatic hydroxyl groups is 1. The molecule has 2 aliphatic carbocycles. The van der Waals surface area contributed by atoms with Crippen molar-refractivity contribution in [2.45, 2.75) is 45.1 Å². The summed E-state index contributed by atoms with van der Waals surface area (Å²) in [6.07, 6.45) is 4.15. The molecule has 2 unspecified atom stereocenters. The van der Waals surface area contributed by atoms with E-state index in [1.165, 1.54) is 6.42 Å². The van der Waals surface area contributed by atoms with E-state index in [0.29, 0.717) is 6.42 Å². The van der Waals surface area contributed by atoms with Crippen LogP contribution in [0.4, 0.5) is 0 Å². The lowest BCUT2D eigenvalue weighted by molar-refractivity contribution is -0.126. The Kier molecular flexibility index (Phi) is 2.75. The van der Waals surface area contributed by atoms with E-state index in [1.54, 1.807) is 0 Å². The van der Waals surface area contributed by atoms with E-state index in [2.05, 4.69) is 5.32 Å². The standard InChI is InChI=1S/C12H21NO2/c1-12(2,3-4-14)13-11(15)10-6-8-5-9(8)7-10/h8-10,14H,3-7H2,1-2H3,(H,13,15). The van der Waals surface area contributed by atoms with Gasteiger partial charge in [-0.3, -0.25) is 4.79 Å². The molecule has 0 saturated heterocycles. The van der Waals surface area contributed by atoms with E-state index in [0.717, 1.165) is 24.7 Å². The van der Waals surface area contributed by atoms with Crippen LogP contribution in [0.25, 0.3) is 0 Å². The van der Waals surface area contributed by atoms with Crippen molar-refractivity contribution in [2.75, 3.05) is 6.61 Å². The lowest BCUT2D eigenvalue weighted by Gasteiger charge is -2.27. The number of amides is 1. The van der Waals surface area contributed by atoms with Crippen molar-refractivity contribution in [2.24, 2.45) is 17.8 Å². The van der Waals surface area contributed by atoms with Crippen molar-refractivity contribution in [3.05, 3.63) is 0 Å². The Morgan fingerprint density at radius 1 is 1.33 bits per heavy atom. The van der Waals surface area contributed by atoms with Crippen molar-refractivity contribution >= 4 is 5.91 Å². The Bertz CT molecular complexity index is 252. The molecule has 86 valence electrons. The minimum Gasteiger partial charge on any atom is -0.396 e. The maximum absolute atomic E-state index is 11.9. The Labute approximate surface area is 91.2 Å². The number of carbonyl (C=O) groups is 1. The van der Waals surface area contributed by atoms with Gasteiger partial charge in [0.2, 0.25) is 5.91 Å². The highest BCUT2D eigenvalue weighted by Crippen LogP contribution is 2.54. The van der Waals surface area contributed by atoms with Crippen LogP contribution in [0.2, 0.25) is 0 Å². The molecule has 0 heterocycles. The van der Waals surface area contributed by atoms with Crippen molar-refractivity contribution in [3.8, 4) is 0 Å². The quantitative estimate of drug-likeness (QED) is 0.736. The molecule has 1 amide bonds. The summed E-state index contributed by atoms with van der Waals surface area (Å²) in [6, 6.07) is 0. The highest BCUT2D eigenvalue weighted by Gasteiger charge is 2.48. The normalized spacial score (nSPS) is 33.7. The molecule has 0 radical (unpaired) electrons. The van der Waals surface area contributed by atoms with Gasteiger partial charge in [-0.25, -0.2) is 0 Å². The first kappa shape index (κ1) is 10.9. The summed E-state index contributed by atoms with van der Waals surface area (Å²) in [5, 5.41) is 11.9. The van der Waals surface area contributed by atoms with E-state index in [1.807, 2.05) is 13.8 Å². The molecule has 3 heteroatoms. The lowest BCUT2D eigenvalue weighted by atomic mass is 9.97. The molecule has 2 N–H and O–H groups in total. The third-order valence-electron chi connectivity index (χ3n) is 3.81. The Balaban J connectivity index is 1.81. The Hall–Kier alpha value is -0.570. The van der Waals surface area contributed by atoms with E-state index >= 15 is 0 Å². The molecule has 2 saturated carbocycles. The van der Waals surface area contributed by atoms with Crippen LogP contribution in [0, 0.1) is 17.8 Å². The minimum atomic E-state index is -0.265. The first-order valence-corrected chi connectivity index (χ1v) is 5.95. The molecular weight excluding hydrogens is 190 g/mol.